The van der Waals surface area contributed by atoms with E-state index in [-0.39, 0.29) is 17.7 Å². The van der Waals surface area contributed by atoms with Crippen molar-refractivity contribution in [1.29, 1.82) is 0 Å². The average molecular weight is 299 g/mol. The minimum absolute atomic E-state index is 0.221. The quantitative estimate of drug-likeness (QED) is 0.758. The molecule has 114 valence electrons. The van der Waals surface area contributed by atoms with Crippen molar-refractivity contribution in [1.82, 2.24) is 5.32 Å². The summed E-state index contributed by atoms with van der Waals surface area (Å²) in [5.74, 6) is 0.459. The fraction of sp³-hybridized carbons (Fsp3) is 0.235. The second-order valence-corrected chi connectivity index (χ2v) is 5.29. The van der Waals surface area contributed by atoms with Crippen molar-refractivity contribution in [3.05, 3.63) is 60.2 Å². The maximum Gasteiger partial charge on any atom is 0.287 e. The van der Waals surface area contributed by atoms with Crippen molar-refractivity contribution in [2.75, 3.05) is 0 Å². The predicted molar refractivity (Wildman–Crippen MR) is 81.4 cm³/mol. The summed E-state index contributed by atoms with van der Waals surface area (Å²) in [6.07, 6.45) is 1.12. The zero-order valence-corrected chi connectivity index (χ0v) is 12.2. The average Bonchev–Trinajstić information content (AvgIpc) is 3.16. The third-order valence-corrected chi connectivity index (χ3v) is 3.48. The lowest BCUT2D eigenvalue weighted by atomic mass is 10.1. The van der Waals surface area contributed by atoms with Crippen LogP contribution in [0.15, 0.2) is 57.6 Å². The molecule has 2 heterocycles. The van der Waals surface area contributed by atoms with E-state index in [1.807, 2.05) is 31.2 Å². The van der Waals surface area contributed by atoms with E-state index in [0.29, 0.717) is 17.8 Å². The van der Waals surface area contributed by atoms with E-state index in [1.165, 1.54) is 6.26 Å². The van der Waals surface area contributed by atoms with Gasteiger partial charge in [0.1, 0.15) is 17.4 Å². The number of aliphatic hydroxyl groups excluding tert-OH is 1. The molecule has 2 unspecified atom stereocenters. The lowest BCUT2D eigenvalue weighted by Gasteiger charge is -2.15. The van der Waals surface area contributed by atoms with E-state index in [1.54, 1.807) is 18.2 Å². The highest BCUT2D eigenvalue weighted by molar-refractivity contribution is 5.96. The Balaban J connectivity index is 1.63. The van der Waals surface area contributed by atoms with Gasteiger partial charge in [-0.3, -0.25) is 4.79 Å². The number of aliphatic hydroxyl groups is 1. The number of hydrogen-bond donors (Lipinski definition) is 2. The maximum atomic E-state index is 12.2. The van der Waals surface area contributed by atoms with Gasteiger partial charge in [0.2, 0.25) is 0 Å². The molecule has 0 aliphatic carbocycles. The number of fused-ring (bicyclic) bond motifs is 1. The molecule has 0 aliphatic heterocycles. The van der Waals surface area contributed by atoms with Gasteiger partial charge in [-0.25, -0.2) is 0 Å². The highest BCUT2D eigenvalue weighted by Crippen LogP contribution is 2.20. The molecule has 0 saturated carbocycles. The van der Waals surface area contributed by atoms with E-state index >= 15 is 0 Å². The summed E-state index contributed by atoms with van der Waals surface area (Å²) in [4.78, 5) is 12.2. The van der Waals surface area contributed by atoms with Gasteiger partial charge in [-0.15, -0.1) is 0 Å². The summed E-state index contributed by atoms with van der Waals surface area (Å²) in [5.41, 5.74) is 0.677. The third kappa shape index (κ3) is 3.04. The number of nitrogens with one attached hydrogen (secondary N) is 1. The van der Waals surface area contributed by atoms with Gasteiger partial charge in [-0.05, 0) is 31.2 Å². The van der Waals surface area contributed by atoms with Crippen molar-refractivity contribution in [3.8, 4) is 0 Å². The SMILES string of the molecule is CC(CC(O)c1ccco1)NC(=O)c1cc2ccccc2o1. The Hall–Kier alpha value is -2.53. The van der Waals surface area contributed by atoms with Gasteiger partial charge >= 0.3 is 0 Å². The Morgan fingerprint density at radius 1 is 1.27 bits per heavy atom. The van der Waals surface area contributed by atoms with Crippen LogP contribution < -0.4 is 5.32 Å². The lowest BCUT2D eigenvalue weighted by Crippen LogP contribution is -2.33. The normalized spacial score (nSPS) is 13.9. The molecule has 5 nitrogen and oxygen atoms in total. The fourth-order valence-corrected chi connectivity index (χ4v) is 2.38. The Labute approximate surface area is 127 Å². The van der Waals surface area contributed by atoms with E-state index in [4.69, 9.17) is 8.83 Å². The van der Waals surface area contributed by atoms with Crippen molar-refractivity contribution in [3.63, 3.8) is 0 Å². The Morgan fingerprint density at radius 2 is 2.09 bits per heavy atom. The fourth-order valence-electron chi connectivity index (χ4n) is 2.38. The van der Waals surface area contributed by atoms with E-state index in [2.05, 4.69) is 5.32 Å². The van der Waals surface area contributed by atoms with Gasteiger partial charge in [-0.2, -0.15) is 0 Å². The Bertz CT molecular complexity index is 727. The first-order valence-electron chi connectivity index (χ1n) is 7.14. The van der Waals surface area contributed by atoms with Crippen LogP contribution in [0.5, 0.6) is 0 Å². The Morgan fingerprint density at radius 3 is 2.82 bits per heavy atom. The van der Waals surface area contributed by atoms with Gasteiger partial charge < -0.3 is 19.3 Å². The van der Waals surface area contributed by atoms with E-state index in [9.17, 15) is 9.90 Å². The zero-order valence-electron chi connectivity index (χ0n) is 12.2. The summed E-state index contributed by atoms with van der Waals surface area (Å²) >= 11 is 0. The van der Waals surface area contributed by atoms with Crippen LogP contribution in [0, 0.1) is 0 Å². The Kier molecular flexibility index (Phi) is 3.98. The molecule has 0 radical (unpaired) electrons. The first-order valence-corrected chi connectivity index (χ1v) is 7.14. The molecule has 5 heteroatoms. The van der Waals surface area contributed by atoms with Crippen molar-refractivity contribution in [2.24, 2.45) is 0 Å². The van der Waals surface area contributed by atoms with E-state index < -0.39 is 6.10 Å². The van der Waals surface area contributed by atoms with Crippen LogP contribution in [-0.2, 0) is 0 Å². The van der Waals surface area contributed by atoms with Crippen LogP contribution >= 0.6 is 0 Å². The van der Waals surface area contributed by atoms with E-state index in [0.717, 1.165) is 5.39 Å². The number of furan rings is 2. The molecule has 3 rings (SSSR count). The second-order valence-electron chi connectivity index (χ2n) is 5.29. The van der Waals surface area contributed by atoms with Gasteiger partial charge in [0.15, 0.2) is 5.76 Å². The largest absolute Gasteiger partial charge is 0.467 e. The molecule has 0 fully saturated rings. The van der Waals surface area contributed by atoms with Crippen LogP contribution in [0.2, 0.25) is 0 Å². The lowest BCUT2D eigenvalue weighted by molar-refractivity contribution is 0.0878. The van der Waals surface area contributed by atoms with Gasteiger partial charge in [0, 0.05) is 17.8 Å². The maximum absolute atomic E-state index is 12.2. The van der Waals surface area contributed by atoms with Gasteiger partial charge in [0.25, 0.3) is 5.91 Å². The van der Waals surface area contributed by atoms with Gasteiger partial charge in [-0.1, -0.05) is 18.2 Å². The second kappa shape index (κ2) is 6.07. The summed E-state index contributed by atoms with van der Waals surface area (Å²) in [5, 5.41) is 13.7. The first-order chi connectivity index (χ1) is 10.6. The highest BCUT2D eigenvalue weighted by atomic mass is 16.4. The minimum atomic E-state index is -0.749. The van der Waals surface area contributed by atoms with Crippen LogP contribution in [-0.4, -0.2) is 17.1 Å². The topological polar surface area (TPSA) is 75.6 Å². The van der Waals surface area contributed by atoms with Crippen LogP contribution in [0.1, 0.15) is 35.8 Å². The standard InChI is InChI=1S/C17H17NO4/c1-11(9-13(19)15-7-4-8-21-15)18-17(20)16-10-12-5-2-3-6-14(12)22-16/h2-8,10-11,13,19H,9H2,1H3,(H,18,20). The number of carbonyl (C=O) groups excluding carboxylic acids is 1. The number of amides is 1. The van der Waals surface area contributed by atoms with Crippen molar-refractivity contribution >= 4 is 16.9 Å². The summed E-state index contributed by atoms with van der Waals surface area (Å²) < 4.78 is 10.7. The molecule has 0 bridgehead atoms. The van der Waals surface area contributed by atoms with Crippen molar-refractivity contribution in [2.45, 2.75) is 25.5 Å². The van der Waals surface area contributed by atoms with Crippen molar-refractivity contribution < 1.29 is 18.7 Å². The summed E-state index contributed by atoms with van der Waals surface area (Å²) in [7, 11) is 0. The molecule has 0 aliphatic rings. The number of carbonyl (C=O) groups is 1. The molecule has 22 heavy (non-hydrogen) atoms. The molecule has 2 N–H and O–H groups in total. The third-order valence-electron chi connectivity index (χ3n) is 3.48. The number of para-hydroxylation sites is 1. The molecule has 2 aromatic heterocycles. The molecular weight excluding hydrogens is 282 g/mol. The molecule has 2 atom stereocenters. The predicted octanol–water partition coefficient (Wildman–Crippen LogP) is 3.27. The van der Waals surface area contributed by atoms with Crippen LogP contribution in [0.4, 0.5) is 0 Å². The van der Waals surface area contributed by atoms with Crippen LogP contribution in [0.25, 0.3) is 11.0 Å². The monoisotopic (exact) mass is 299 g/mol. The smallest absolute Gasteiger partial charge is 0.287 e. The molecule has 0 saturated heterocycles. The number of benzene rings is 1. The number of rotatable bonds is 5. The summed E-state index contributed by atoms with van der Waals surface area (Å²) in [6.45, 7) is 1.83. The van der Waals surface area contributed by atoms with Gasteiger partial charge in [0.05, 0.1) is 6.26 Å². The molecule has 0 spiro atoms. The highest BCUT2D eigenvalue weighted by Gasteiger charge is 2.18. The molecule has 3 aromatic rings. The first kappa shape index (κ1) is 14.4. The molecular formula is C17H17NO4. The molecule has 1 amide bonds. The zero-order chi connectivity index (χ0) is 15.5. The summed E-state index contributed by atoms with van der Waals surface area (Å²) in [6, 6.07) is 12.4. The number of hydrogen-bond acceptors (Lipinski definition) is 4. The molecule has 1 aromatic carbocycles. The minimum Gasteiger partial charge on any atom is -0.467 e. The van der Waals surface area contributed by atoms with Crippen LogP contribution in [0.3, 0.4) is 0 Å².